The highest BCUT2D eigenvalue weighted by Crippen LogP contribution is 2.16. The summed E-state index contributed by atoms with van der Waals surface area (Å²) < 4.78 is 0. The molecule has 2 rings (SSSR count). The first-order valence-electron chi connectivity index (χ1n) is 5.42. The van der Waals surface area contributed by atoms with Crippen molar-refractivity contribution in [2.45, 2.75) is 20.8 Å². The number of hydrogen-bond acceptors (Lipinski definition) is 3. The van der Waals surface area contributed by atoms with E-state index in [0.717, 1.165) is 17.0 Å². The Kier molecular flexibility index (Phi) is 4.45. The lowest BCUT2D eigenvalue weighted by atomic mass is 10.2. The van der Waals surface area contributed by atoms with Gasteiger partial charge in [0.1, 0.15) is 5.82 Å². The Morgan fingerprint density at radius 2 is 1.69 bits per heavy atom. The van der Waals surface area contributed by atoms with E-state index in [1.54, 1.807) is 6.20 Å². The molecule has 0 saturated heterocycles. The zero-order valence-electron chi connectivity index (χ0n) is 9.94. The van der Waals surface area contributed by atoms with Gasteiger partial charge in [-0.05, 0) is 6.92 Å². The molecule has 0 unspecified atom stereocenters. The Morgan fingerprint density at radius 1 is 1.06 bits per heavy atom. The molecule has 0 saturated carbocycles. The standard InChI is InChI=1S/C11H11N3.C2H6/c1-8-11(12)13-7-10(14-8)9-5-3-2-4-6-9;1-2/h2-7H,1H3,(H2,12,13);1-2H3. The van der Waals surface area contributed by atoms with Gasteiger partial charge in [0.25, 0.3) is 0 Å². The van der Waals surface area contributed by atoms with Crippen molar-refractivity contribution in [3.63, 3.8) is 0 Å². The molecule has 0 bridgehead atoms. The maximum atomic E-state index is 5.59. The molecule has 1 aromatic carbocycles. The number of nitrogens with zero attached hydrogens (tertiary/aromatic N) is 2. The van der Waals surface area contributed by atoms with Gasteiger partial charge in [0, 0.05) is 5.56 Å². The van der Waals surface area contributed by atoms with Crippen molar-refractivity contribution in [1.29, 1.82) is 0 Å². The third kappa shape index (κ3) is 2.79. The van der Waals surface area contributed by atoms with Crippen LogP contribution in [0, 0.1) is 6.92 Å². The van der Waals surface area contributed by atoms with E-state index >= 15 is 0 Å². The summed E-state index contributed by atoms with van der Waals surface area (Å²) >= 11 is 0. The second-order valence-corrected chi connectivity index (χ2v) is 3.09. The second kappa shape index (κ2) is 5.85. The quantitative estimate of drug-likeness (QED) is 0.795. The Morgan fingerprint density at radius 3 is 2.25 bits per heavy atom. The highest BCUT2D eigenvalue weighted by molar-refractivity contribution is 5.59. The van der Waals surface area contributed by atoms with Crippen molar-refractivity contribution in [3.05, 3.63) is 42.2 Å². The number of aromatic nitrogens is 2. The molecule has 0 radical (unpaired) electrons. The van der Waals surface area contributed by atoms with Crippen molar-refractivity contribution in [3.8, 4) is 11.3 Å². The summed E-state index contributed by atoms with van der Waals surface area (Å²) in [7, 11) is 0. The van der Waals surface area contributed by atoms with Crippen LogP contribution in [0.5, 0.6) is 0 Å². The van der Waals surface area contributed by atoms with E-state index in [2.05, 4.69) is 9.97 Å². The fourth-order valence-corrected chi connectivity index (χ4v) is 1.24. The van der Waals surface area contributed by atoms with Crippen molar-refractivity contribution < 1.29 is 0 Å². The minimum Gasteiger partial charge on any atom is -0.382 e. The molecule has 0 spiro atoms. The maximum absolute atomic E-state index is 5.59. The van der Waals surface area contributed by atoms with Gasteiger partial charge in [-0.15, -0.1) is 0 Å². The average molecular weight is 215 g/mol. The van der Waals surface area contributed by atoms with Crippen LogP contribution in [0.25, 0.3) is 11.3 Å². The van der Waals surface area contributed by atoms with Gasteiger partial charge in [0.15, 0.2) is 0 Å². The molecule has 0 fully saturated rings. The largest absolute Gasteiger partial charge is 0.382 e. The predicted molar refractivity (Wildman–Crippen MR) is 68.0 cm³/mol. The van der Waals surface area contributed by atoms with Crippen molar-refractivity contribution >= 4 is 5.82 Å². The lowest BCUT2D eigenvalue weighted by Gasteiger charge is -2.02. The second-order valence-electron chi connectivity index (χ2n) is 3.09. The van der Waals surface area contributed by atoms with Gasteiger partial charge < -0.3 is 5.73 Å². The number of nitrogens with two attached hydrogens (primary N) is 1. The summed E-state index contributed by atoms with van der Waals surface area (Å²) in [5.41, 5.74) is 8.28. The lowest BCUT2D eigenvalue weighted by molar-refractivity contribution is 1.13. The van der Waals surface area contributed by atoms with Crippen LogP contribution in [-0.2, 0) is 0 Å². The first-order valence-corrected chi connectivity index (χ1v) is 5.42. The lowest BCUT2D eigenvalue weighted by Crippen LogP contribution is -1.97. The fourth-order valence-electron chi connectivity index (χ4n) is 1.24. The number of benzene rings is 1. The summed E-state index contributed by atoms with van der Waals surface area (Å²) in [5.74, 6) is 0.490. The molecule has 16 heavy (non-hydrogen) atoms. The Hall–Kier alpha value is -1.90. The van der Waals surface area contributed by atoms with E-state index in [4.69, 9.17) is 5.73 Å². The van der Waals surface area contributed by atoms with Crippen LogP contribution >= 0.6 is 0 Å². The summed E-state index contributed by atoms with van der Waals surface area (Å²) in [6, 6.07) is 9.92. The van der Waals surface area contributed by atoms with E-state index in [1.807, 2.05) is 51.1 Å². The summed E-state index contributed by atoms with van der Waals surface area (Å²) in [6.07, 6.45) is 1.69. The zero-order valence-corrected chi connectivity index (χ0v) is 9.94. The number of nitrogen functional groups attached to an aromatic ring is 1. The van der Waals surface area contributed by atoms with Gasteiger partial charge in [0.05, 0.1) is 17.6 Å². The molecule has 0 atom stereocenters. The SMILES string of the molecule is CC.Cc1nc(-c2ccccc2)cnc1N. The Labute approximate surface area is 96.4 Å². The van der Waals surface area contributed by atoms with E-state index in [9.17, 15) is 0 Å². The molecule has 3 heteroatoms. The summed E-state index contributed by atoms with van der Waals surface area (Å²) in [6.45, 7) is 5.86. The van der Waals surface area contributed by atoms with Crippen LogP contribution in [0.3, 0.4) is 0 Å². The third-order valence-electron chi connectivity index (χ3n) is 2.05. The molecule has 0 aliphatic carbocycles. The number of anilines is 1. The van der Waals surface area contributed by atoms with Gasteiger partial charge in [-0.1, -0.05) is 44.2 Å². The molecule has 0 aliphatic rings. The highest BCUT2D eigenvalue weighted by Gasteiger charge is 2.01. The molecule has 1 heterocycles. The van der Waals surface area contributed by atoms with Crippen LogP contribution < -0.4 is 5.73 Å². The first-order chi connectivity index (χ1) is 7.77. The van der Waals surface area contributed by atoms with Crippen molar-refractivity contribution in [2.24, 2.45) is 0 Å². The molecule has 2 N–H and O–H groups in total. The summed E-state index contributed by atoms with van der Waals surface area (Å²) in [5, 5.41) is 0. The monoisotopic (exact) mass is 215 g/mol. The minimum absolute atomic E-state index is 0.490. The van der Waals surface area contributed by atoms with Gasteiger partial charge >= 0.3 is 0 Å². The fraction of sp³-hybridized carbons (Fsp3) is 0.231. The van der Waals surface area contributed by atoms with Gasteiger partial charge in [-0.25, -0.2) is 9.97 Å². The van der Waals surface area contributed by atoms with Crippen LogP contribution in [0.1, 0.15) is 19.5 Å². The van der Waals surface area contributed by atoms with Crippen molar-refractivity contribution in [1.82, 2.24) is 9.97 Å². The topological polar surface area (TPSA) is 51.8 Å². The molecular weight excluding hydrogens is 198 g/mol. The highest BCUT2D eigenvalue weighted by atomic mass is 14.9. The Balaban J connectivity index is 0.000000606. The van der Waals surface area contributed by atoms with E-state index in [0.29, 0.717) is 5.82 Å². The number of rotatable bonds is 1. The average Bonchev–Trinajstić information content (AvgIpc) is 2.36. The molecule has 0 amide bonds. The summed E-state index contributed by atoms with van der Waals surface area (Å²) in [4.78, 5) is 8.43. The van der Waals surface area contributed by atoms with Crippen LogP contribution in [0.4, 0.5) is 5.82 Å². The first kappa shape index (κ1) is 12.2. The molecule has 1 aromatic heterocycles. The van der Waals surface area contributed by atoms with E-state index in [1.165, 1.54) is 0 Å². The van der Waals surface area contributed by atoms with Gasteiger partial charge in [-0.3, -0.25) is 0 Å². The van der Waals surface area contributed by atoms with E-state index < -0.39 is 0 Å². The minimum atomic E-state index is 0.490. The third-order valence-corrected chi connectivity index (χ3v) is 2.05. The molecule has 0 aliphatic heterocycles. The molecule has 3 nitrogen and oxygen atoms in total. The smallest absolute Gasteiger partial charge is 0.144 e. The predicted octanol–water partition coefficient (Wildman–Crippen LogP) is 3.06. The number of hydrogen-bond donors (Lipinski definition) is 1. The zero-order chi connectivity index (χ0) is 12.0. The van der Waals surface area contributed by atoms with Crippen molar-refractivity contribution in [2.75, 3.05) is 5.73 Å². The molecule has 2 aromatic rings. The maximum Gasteiger partial charge on any atom is 0.144 e. The van der Waals surface area contributed by atoms with E-state index in [-0.39, 0.29) is 0 Å². The van der Waals surface area contributed by atoms with Gasteiger partial charge in [-0.2, -0.15) is 0 Å². The van der Waals surface area contributed by atoms with Crippen LogP contribution in [0.15, 0.2) is 36.5 Å². The van der Waals surface area contributed by atoms with Crippen LogP contribution in [-0.4, -0.2) is 9.97 Å². The normalized spacial score (nSPS) is 9.19. The van der Waals surface area contributed by atoms with Gasteiger partial charge in [0.2, 0.25) is 0 Å². The molecular formula is C13H17N3. The number of aryl methyl sites for hydroxylation is 1. The molecule has 84 valence electrons. The Bertz CT molecular complexity index is 438. The van der Waals surface area contributed by atoms with Crippen LogP contribution in [0.2, 0.25) is 0 Å².